The smallest absolute Gasteiger partial charge is 0.374 e. The molecule has 0 N–H and O–H groups in total. The molecule has 0 aromatic carbocycles. The van der Waals surface area contributed by atoms with Gasteiger partial charge < -0.3 is 4.74 Å². The Morgan fingerprint density at radius 2 is 2.08 bits per heavy atom. The molecule has 0 saturated heterocycles. The topological polar surface area (TPSA) is 43.4 Å². The van der Waals surface area contributed by atoms with Crippen molar-refractivity contribution in [1.29, 1.82) is 0 Å². The Bertz CT molecular complexity index is 258. The number of carbonyl (C=O) groups excluding carboxylic acids is 2. The summed E-state index contributed by atoms with van der Waals surface area (Å²) in [6.45, 7) is 4.20. The van der Waals surface area contributed by atoms with E-state index in [4.69, 9.17) is 0 Å². The molecule has 0 rings (SSSR count). The molecule has 3 nitrogen and oxygen atoms in total. The molecule has 13 heavy (non-hydrogen) atoms. The van der Waals surface area contributed by atoms with Crippen LogP contribution in [0.5, 0.6) is 0 Å². The zero-order chi connectivity index (χ0) is 10.4. The van der Waals surface area contributed by atoms with Crippen molar-refractivity contribution in [2.24, 2.45) is 0 Å². The summed E-state index contributed by atoms with van der Waals surface area (Å²) in [5, 5.41) is 0. The zero-order valence-electron chi connectivity index (χ0n) is 6.92. The Labute approximate surface area is 73.7 Å². The minimum atomic E-state index is -2.12. The lowest BCUT2D eigenvalue weighted by Crippen LogP contribution is -2.20. The van der Waals surface area contributed by atoms with Gasteiger partial charge in [0.1, 0.15) is 0 Å². The van der Waals surface area contributed by atoms with Crippen LogP contribution in [-0.2, 0) is 14.3 Å². The van der Waals surface area contributed by atoms with Gasteiger partial charge in [0, 0.05) is 0 Å². The van der Waals surface area contributed by atoms with E-state index in [1.54, 1.807) is 0 Å². The van der Waals surface area contributed by atoms with Crippen LogP contribution >= 0.6 is 0 Å². The van der Waals surface area contributed by atoms with E-state index in [1.807, 2.05) is 0 Å². The summed E-state index contributed by atoms with van der Waals surface area (Å²) in [7, 11) is 0. The van der Waals surface area contributed by atoms with Crippen molar-refractivity contribution in [3.05, 3.63) is 24.6 Å². The molecule has 0 aliphatic rings. The number of halogens is 2. The molecule has 1 unspecified atom stereocenters. The fraction of sp³-hybridized carbons (Fsp3) is 0.250. The molecule has 0 spiro atoms. The largest absolute Gasteiger partial charge is 0.385 e. The molecule has 0 amide bonds. The van der Waals surface area contributed by atoms with Gasteiger partial charge in [-0.2, -0.15) is 4.39 Å². The predicted molar refractivity (Wildman–Crippen MR) is 41.1 cm³/mol. The van der Waals surface area contributed by atoms with E-state index < -0.39 is 23.9 Å². The van der Waals surface area contributed by atoms with Crippen LogP contribution in [0.15, 0.2) is 24.6 Å². The van der Waals surface area contributed by atoms with Crippen LogP contribution < -0.4 is 0 Å². The van der Waals surface area contributed by atoms with Crippen LogP contribution in [0.2, 0.25) is 0 Å². The maximum atomic E-state index is 12.4. The minimum absolute atomic E-state index is 0.642. The third-order valence-electron chi connectivity index (χ3n) is 1.07. The third-order valence-corrected chi connectivity index (χ3v) is 1.07. The fourth-order valence-electron chi connectivity index (χ4n) is 0.410. The Balaban J connectivity index is 4.22. The molecular weight excluding hydrogens is 182 g/mol. The first kappa shape index (κ1) is 11.5. The summed E-state index contributed by atoms with van der Waals surface area (Å²) >= 11 is 0. The van der Waals surface area contributed by atoms with Gasteiger partial charge in [0.05, 0.1) is 0 Å². The minimum Gasteiger partial charge on any atom is -0.385 e. The normalized spacial score (nSPS) is 13.3. The first-order valence-electron chi connectivity index (χ1n) is 3.37. The van der Waals surface area contributed by atoms with Crippen LogP contribution in [0, 0.1) is 0 Å². The highest BCUT2D eigenvalue weighted by Crippen LogP contribution is 2.02. The average Bonchev–Trinajstić information content (AvgIpc) is 2.14. The highest BCUT2D eigenvalue weighted by molar-refractivity contribution is 5.96. The number of carbonyl (C=O) groups is 2. The van der Waals surface area contributed by atoms with Crippen molar-refractivity contribution < 1.29 is 23.1 Å². The van der Waals surface area contributed by atoms with Gasteiger partial charge in [-0.3, -0.25) is 0 Å². The quantitative estimate of drug-likeness (QED) is 0.293. The van der Waals surface area contributed by atoms with Gasteiger partial charge >= 0.3 is 11.9 Å². The van der Waals surface area contributed by atoms with Gasteiger partial charge in [-0.15, -0.1) is 0 Å². The molecule has 0 aromatic rings. The molecule has 0 bridgehead atoms. The van der Waals surface area contributed by atoms with Gasteiger partial charge in [0.15, 0.2) is 0 Å². The predicted octanol–water partition coefficient (Wildman–Crippen LogP) is 1.45. The molecular formula is C8H8F2O3. The van der Waals surface area contributed by atoms with Crippen LogP contribution in [0.25, 0.3) is 0 Å². The van der Waals surface area contributed by atoms with Gasteiger partial charge in [-0.1, -0.05) is 6.58 Å². The number of hydrogen-bond donors (Lipinski definition) is 0. The SMILES string of the molecule is C=CC(F)C(=O)OC(=O)C(F)=CC. The molecule has 0 radical (unpaired) electrons. The van der Waals surface area contributed by atoms with Gasteiger partial charge in [-0.05, 0) is 19.1 Å². The molecule has 0 aliphatic carbocycles. The standard InChI is InChI=1S/C8H8F2O3/c1-3-5(9)7(11)13-8(12)6(10)4-2/h3-5H,1H2,2H3. The van der Waals surface area contributed by atoms with Gasteiger partial charge in [0.25, 0.3) is 0 Å². The van der Waals surface area contributed by atoms with E-state index in [0.717, 1.165) is 6.08 Å². The van der Waals surface area contributed by atoms with Crippen LogP contribution in [0.4, 0.5) is 8.78 Å². The Morgan fingerprint density at radius 1 is 1.54 bits per heavy atom. The number of rotatable bonds is 3. The third kappa shape index (κ3) is 3.59. The average molecular weight is 190 g/mol. The van der Waals surface area contributed by atoms with Gasteiger partial charge in [-0.25, -0.2) is 14.0 Å². The van der Waals surface area contributed by atoms with Crippen molar-refractivity contribution >= 4 is 11.9 Å². The molecule has 0 fully saturated rings. The van der Waals surface area contributed by atoms with Crippen LogP contribution in [-0.4, -0.2) is 18.1 Å². The Kier molecular flexibility index (Phi) is 4.58. The fourth-order valence-corrected chi connectivity index (χ4v) is 0.410. The lowest BCUT2D eigenvalue weighted by Gasteiger charge is -2.01. The van der Waals surface area contributed by atoms with Crippen molar-refractivity contribution in [2.75, 3.05) is 0 Å². The molecule has 0 heterocycles. The molecule has 72 valence electrons. The Hall–Kier alpha value is -1.52. The van der Waals surface area contributed by atoms with Crippen molar-refractivity contribution in [3.8, 4) is 0 Å². The first-order chi connectivity index (χ1) is 6.02. The number of hydrogen-bond acceptors (Lipinski definition) is 3. The number of alkyl halides is 1. The second kappa shape index (κ2) is 5.18. The number of ether oxygens (including phenoxy) is 1. The molecule has 5 heteroatoms. The van der Waals surface area contributed by atoms with E-state index in [2.05, 4.69) is 11.3 Å². The Morgan fingerprint density at radius 3 is 2.46 bits per heavy atom. The van der Waals surface area contributed by atoms with Crippen LogP contribution in [0.3, 0.4) is 0 Å². The number of esters is 2. The summed E-state index contributed by atoms with van der Waals surface area (Å²) in [6.07, 6.45) is -0.673. The molecule has 0 saturated carbocycles. The summed E-state index contributed by atoms with van der Waals surface area (Å²) in [4.78, 5) is 21.0. The van der Waals surface area contributed by atoms with Crippen molar-refractivity contribution in [1.82, 2.24) is 0 Å². The maximum absolute atomic E-state index is 12.4. The summed E-state index contributed by atoms with van der Waals surface area (Å²) in [5.74, 6) is -4.22. The van der Waals surface area contributed by atoms with Gasteiger partial charge in [0.2, 0.25) is 12.0 Å². The molecule has 1 atom stereocenters. The van der Waals surface area contributed by atoms with E-state index in [1.165, 1.54) is 6.92 Å². The molecule has 0 aromatic heterocycles. The lowest BCUT2D eigenvalue weighted by molar-refractivity contribution is -0.160. The van der Waals surface area contributed by atoms with Crippen molar-refractivity contribution in [3.63, 3.8) is 0 Å². The van der Waals surface area contributed by atoms with E-state index in [9.17, 15) is 18.4 Å². The molecule has 0 aliphatic heterocycles. The van der Waals surface area contributed by atoms with E-state index in [-0.39, 0.29) is 0 Å². The summed E-state index contributed by atoms with van der Waals surface area (Å²) < 4.78 is 28.5. The summed E-state index contributed by atoms with van der Waals surface area (Å²) in [6, 6.07) is 0. The number of allylic oxidation sites excluding steroid dienone is 1. The zero-order valence-corrected chi connectivity index (χ0v) is 6.92. The monoisotopic (exact) mass is 190 g/mol. The highest BCUT2D eigenvalue weighted by atomic mass is 19.1. The highest BCUT2D eigenvalue weighted by Gasteiger charge is 2.20. The lowest BCUT2D eigenvalue weighted by atomic mass is 10.4. The van der Waals surface area contributed by atoms with E-state index >= 15 is 0 Å². The van der Waals surface area contributed by atoms with Crippen molar-refractivity contribution in [2.45, 2.75) is 13.1 Å². The second-order valence-corrected chi connectivity index (χ2v) is 1.98. The maximum Gasteiger partial charge on any atom is 0.374 e. The second-order valence-electron chi connectivity index (χ2n) is 1.98. The van der Waals surface area contributed by atoms with Crippen LogP contribution in [0.1, 0.15) is 6.92 Å². The summed E-state index contributed by atoms with van der Waals surface area (Å²) in [5.41, 5.74) is 0. The first-order valence-corrected chi connectivity index (χ1v) is 3.37. The van der Waals surface area contributed by atoms with E-state index in [0.29, 0.717) is 6.08 Å².